The number of imidazole rings is 1. The van der Waals surface area contributed by atoms with Crippen LogP contribution in [-0.4, -0.2) is 9.55 Å². The Morgan fingerprint density at radius 3 is 3.00 bits per heavy atom. The van der Waals surface area contributed by atoms with Gasteiger partial charge < -0.3 is 10.3 Å². The van der Waals surface area contributed by atoms with Gasteiger partial charge in [-0.15, -0.1) is 0 Å². The average molecular weight is 179 g/mol. The zero-order valence-electron chi connectivity index (χ0n) is 8.54. The highest BCUT2D eigenvalue weighted by Gasteiger charge is 2.32. The van der Waals surface area contributed by atoms with Crippen molar-refractivity contribution in [1.82, 2.24) is 9.55 Å². The van der Waals surface area contributed by atoms with E-state index in [0.717, 1.165) is 18.5 Å². The van der Waals surface area contributed by atoms with E-state index < -0.39 is 0 Å². The Kier molecular flexibility index (Phi) is 1.74. The Hall–Kier alpha value is -0.830. The molecule has 1 atom stereocenters. The molecule has 0 saturated carbocycles. The first-order valence-electron chi connectivity index (χ1n) is 4.75. The second kappa shape index (κ2) is 2.58. The number of fused-ring (bicyclic) bond motifs is 1. The van der Waals surface area contributed by atoms with E-state index in [1.54, 1.807) is 0 Å². The lowest BCUT2D eigenvalue weighted by Crippen LogP contribution is -2.30. The molecule has 0 radical (unpaired) electrons. The number of hydrogen-bond donors (Lipinski definition) is 1. The van der Waals surface area contributed by atoms with E-state index in [1.807, 2.05) is 13.4 Å². The molecular weight excluding hydrogens is 162 g/mol. The van der Waals surface area contributed by atoms with Gasteiger partial charge in [0, 0.05) is 18.8 Å². The normalized spacial score (nSPS) is 25.7. The van der Waals surface area contributed by atoms with Crippen LogP contribution < -0.4 is 5.73 Å². The van der Waals surface area contributed by atoms with Crippen molar-refractivity contribution >= 4 is 0 Å². The topological polar surface area (TPSA) is 43.8 Å². The highest BCUT2D eigenvalue weighted by Crippen LogP contribution is 2.38. The number of nitrogens with zero attached hydrogens (tertiary/aromatic N) is 2. The van der Waals surface area contributed by atoms with Crippen LogP contribution in [0.5, 0.6) is 0 Å². The van der Waals surface area contributed by atoms with Crippen LogP contribution >= 0.6 is 0 Å². The zero-order valence-corrected chi connectivity index (χ0v) is 8.54. The van der Waals surface area contributed by atoms with E-state index in [0.29, 0.717) is 5.41 Å². The largest absolute Gasteiger partial charge is 0.337 e. The molecule has 0 aliphatic heterocycles. The van der Waals surface area contributed by atoms with Gasteiger partial charge in [-0.3, -0.25) is 0 Å². The predicted octanol–water partition coefficient (Wildman–Crippen LogP) is 1.39. The minimum atomic E-state index is 0.125. The van der Waals surface area contributed by atoms with Crippen molar-refractivity contribution in [2.45, 2.75) is 32.7 Å². The Bertz CT molecular complexity index is 325. The third kappa shape index (κ3) is 1.37. The molecule has 1 aliphatic carbocycles. The Morgan fingerprint density at radius 2 is 2.31 bits per heavy atom. The monoisotopic (exact) mass is 179 g/mol. The zero-order chi connectivity index (χ0) is 9.64. The highest BCUT2D eigenvalue weighted by molar-refractivity contribution is 5.22. The molecule has 0 amide bonds. The van der Waals surface area contributed by atoms with Crippen molar-refractivity contribution in [2.24, 2.45) is 18.2 Å². The second-order valence-electron chi connectivity index (χ2n) is 4.84. The molecular formula is C10H17N3. The maximum atomic E-state index is 6.06. The number of aromatic nitrogens is 2. The quantitative estimate of drug-likeness (QED) is 0.654. The first-order chi connectivity index (χ1) is 5.99. The van der Waals surface area contributed by atoms with Gasteiger partial charge in [0.25, 0.3) is 0 Å². The lowest BCUT2D eigenvalue weighted by Gasteiger charge is -2.33. The van der Waals surface area contributed by atoms with Crippen LogP contribution in [-0.2, 0) is 13.5 Å². The molecule has 3 nitrogen and oxygen atoms in total. The van der Waals surface area contributed by atoms with Crippen molar-refractivity contribution < 1.29 is 0 Å². The van der Waals surface area contributed by atoms with Crippen LogP contribution in [0.15, 0.2) is 6.33 Å². The Morgan fingerprint density at radius 1 is 1.62 bits per heavy atom. The van der Waals surface area contributed by atoms with Crippen LogP contribution in [0.2, 0.25) is 0 Å². The van der Waals surface area contributed by atoms with Gasteiger partial charge in [-0.25, -0.2) is 4.98 Å². The van der Waals surface area contributed by atoms with Gasteiger partial charge >= 0.3 is 0 Å². The fourth-order valence-corrected chi connectivity index (χ4v) is 2.22. The maximum absolute atomic E-state index is 6.06. The minimum absolute atomic E-state index is 0.125. The number of nitrogens with two attached hydrogens (primary N) is 1. The standard InChI is InChI=1S/C10H17N3/c1-10(2)4-7(11)9-8(5-10)13(3)6-12-9/h6-7H,4-5,11H2,1-3H3. The summed E-state index contributed by atoms with van der Waals surface area (Å²) >= 11 is 0. The molecule has 2 rings (SSSR count). The fourth-order valence-electron chi connectivity index (χ4n) is 2.22. The molecule has 1 aromatic rings. The average Bonchev–Trinajstić information content (AvgIpc) is 2.30. The van der Waals surface area contributed by atoms with E-state index in [-0.39, 0.29) is 6.04 Å². The summed E-state index contributed by atoms with van der Waals surface area (Å²) in [6.07, 6.45) is 4.00. The van der Waals surface area contributed by atoms with Gasteiger partial charge in [-0.05, 0) is 18.3 Å². The predicted molar refractivity (Wildman–Crippen MR) is 52.2 cm³/mol. The molecule has 72 valence electrons. The summed E-state index contributed by atoms with van der Waals surface area (Å²) in [5.41, 5.74) is 8.79. The molecule has 1 aromatic heterocycles. The summed E-state index contributed by atoms with van der Waals surface area (Å²) < 4.78 is 2.09. The van der Waals surface area contributed by atoms with Crippen LogP contribution in [0.3, 0.4) is 0 Å². The second-order valence-corrected chi connectivity index (χ2v) is 4.84. The van der Waals surface area contributed by atoms with Crippen molar-refractivity contribution in [3.05, 3.63) is 17.7 Å². The first-order valence-corrected chi connectivity index (χ1v) is 4.75. The molecule has 13 heavy (non-hydrogen) atoms. The van der Waals surface area contributed by atoms with Crippen molar-refractivity contribution in [3.63, 3.8) is 0 Å². The minimum Gasteiger partial charge on any atom is -0.337 e. The number of aryl methyl sites for hydroxylation is 1. The van der Waals surface area contributed by atoms with E-state index >= 15 is 0 Å². The Balaban J connectivity index is 2.45. The first kappa shape index (κ1) is 8.75. The van der Waals surface area contributed by atoms with Gasteiger partial charge in [-0.1, -0.05) is 13.8 Å². The molecule has 1 aliphatic rings. The van der Waals surface area contributed by atoms with Gasteiger partial charge in [0.05, 0.1) is 12.0 Å². The summed E-state index contributed by atoms with van der Waals surface area (Å²) in [5, 5.41) is 0. The molecule has 0 spiro atoms. The highest BCUT2D eigenvalue weighted by atomic mass is 15.0. The summed E-state index contributed by atoms with van der Waals surface area (Å²) in [6, 6.07) is 0.125. The van der Waals surface area contributed by atoms with Crippen LogP contribution in [0.25, 0.3) is 0 Å². The van der Waals surface area contributed by atoms with Crippen LogP contribution in [0.1, 0.15) is 37.7 Å². The molecule has 3 heteroatoms. The Labute approximate surface area is 79.0 Å². The third-order valence-corrected chi connectivity index (χ3v) is 2.86. The van der Waals surface area contributed by atoms with E-state index in [2.05, 4.69) is 23.4 Å². The van der Waals surface area contributed by atoms with E-state index in [9.17, 15) is 0 Å². The van der Waals surface area contributed by atoms with Crippen LogP contribution in [0, 0.1) is 5.41 Å². The van der Waals surface area contributed by atoms with Gasteiger partial charge in [0.15, 0.2) is 0 Å². The summed E-state index contributed by atoms with van der Waals surface area (Å²) in [6.45, 7) is 4.53. The maximum Gasteiger partial charge on any atom is 0.0949 e. The van der Waals surface area contributed by atoms with Crippen LogP contribution in [0.4, 0.5) is 0 Å². The summed E-state index contributed by atoms with van der Waals surface area (Å²) in [5.74, 6) is 0. The van der Waals surface area contributed by atoms with Gasteiger partial charge in [0.2, 0.25) is 0 Å². The van der Waals surface area contributed by atoms with E-state index in [4.69, 9.17) is 5.73 Å². The lowest BCUT2D eigenvalue weighted by atomic mass is 9.76. The smallest absolute Gasteiger partial charge is 0.0949 e. The molecule has 1 unspecified atom stereocenters. The van der Waals surface area contributed by atoms with Gasteiger partial charge in [-0.2, -0.15) is 0 Å². The fraction of sp³-hybridized carbons (Fsp3) is 0.700. The van der Waals surface area contributed by atoms with E-state index in [1.165, 1.54) is 5.69 Å². The number of rotatable bonds is 0. The SMILES string of the molecule is Cn1cnc2c1CC(C)(C)CC2N. The molecule has 0 aromatic carbocycles. The number of hydrogen-bond acceptors (Lipinski definition) is 2. The molecule has 0 fully saturated rings. The van der Waals surface area contributed by atoms with Crippen molar-refractivity contribution in [3.8, 4) is 0 Å². The van der Waals surface area contributed by atoms with Crippen molar-refractivity contribution in [1.29, 1.82) is 0 Å². The third-order valence-electron chi connectivity index (χ3n) is 2.86. The molecule has 0 saturated heterocycles. The molecule has 2 N–H and O–H groups in total. The summed E-state index contributed by atoms with van der Waals surface area (Å²) in [4.78, 5) is 4.34. The summed E-state index contributed by atoms with van der Waals surface area (Å²) in [7, 11) is 2.04. The lowest BCUT2D eigenvalue weighted by molar-refractivity contribution is 0.274. The molecule has 0 bridgehead atoms. The van der Waals surface area contributed by atoms with Crippen molar-refractivity contribution in [2.75, 3.05) is 0 Å². The molecule has 1 heterocycles. The van der Waals surface area contributed by atoms with Gasteiger partial charge in [0.1, 0.15) is 0 Å².